The van der Waals surface area contributed by atoms with Gasteiger partial charge in [0.15, 0.2) is 0 Å². The summed E-state index contributed by atoms with van der Waals surface area (Å²) in [6, 6.07) is 8.77. The van der Waals surface area contributed by atoms with Crippen molar-refractivity contribution in [1.29, 1.82) is 0 Å². The molecule has 0 bridgehead atoms. The highest BCUT2D eigenvalue weighted by Crippen LogP contribution is 2.06. The monoisotopic (exact) mass is 321 g/mol. The molecule has 0 aliphatic heterocycles. The van der Waals surface area contributed by atoms with Gasteiger partial charge < -0.3 is 14.8 Å². The van der Waals surface area contributed by atoms with E-state index in [0.29, 0.717) is 13.0 Å². The highest BCUT2D eigenvalue weighted by Gasteiger charge is 2.22. The molecule has 1 aromatic carbocycles. The zero-order valence-corrected chi connectivity index (χ0v) is 14.0. The number of ether oxygens (including phenoxy) is 2. The molecule has 0 aliphatic carbocycles. The first-order valence-electron chi connectivity index (χ1n) is 8.31. The minimum absolute atomic E-state index is 0.179. The maximum atomic E-state index is 12.0. The number of carbonyl (C=O) groups excluding carboxylic acids is 2. The van der Waals surface area contributed by atoms with Crippen LogP contribution in [0.5, 0.6) is 0 Å². The highest BCUT2D eigenvalue weighted by atomic mass is 16.6. The molecule has 1 atom stereocenters. The van der Waals surface area contributed by atoms with E-state index in [-0.39, 0.29) is 12.6 Å². The summed E-state index contributed by atoms with van der Waals surface area (Å²) in [5.41, 5.74) is 0.901. The molecule has 0 aromatic heterocycles. The van der Waals surface area contributed by atoms with E-state index in [1.807, 2.05) is 44.2 Å². The van der Waals surface area contributed by atoms with E-state index >= 15 is 0 Å². The summed E-state index contributed by atoms with van der Waals surface area (Å²) in [6.45, 7) is 4.63. The molecule has 1 N–H and O–H groups in total. The van der Waals surface area contributed by atoms with E-state index in [1.54, 1.807) is 0 Å². The fourth-order valence-electron chi connectivity index (χ4n) is 1.98. The number of amides is 1. The predicted octanol–water partition coefficient (Wildman–Crippen LogP) is 3.81. The van der Waals surface area contributed by atoms with Crippen molar-refractivity contribution < 1.29 is 19.1 Å². The molecule has 0 saturated carbocycles. The second kappa shape index (κ2) is 11.5. The van der Waals surface area contributed by atoms with Crippen LogP contribution in [0, 0.1) is 0 Å². The fourth-order valence-corrected chi connectivity index (χ4v) is 1.98. The lowest BCUT2D eigenvalue weighted by Gasteiger charge is -2.17. The van der Waals surface area contributed by atoms with Crippen LogP contribution in [0.4, 0.5) is 4.79 Å². The van der Waals surface area contributed by atoms with Gasteiger partial charge in [0.1, 0.15) is 12.6 Å². The summed E-state index contributed by atoms with van der Waals surface area (Å²) in [4.78, 5) is 23.9. The summed E-state index contributed by atoms with van der Waals surface area (Å²) >= 11 is 0. The van der Waals surface area contributed by atoms with E-state index in [2.05, 4.69) is 5.32 Å². The first-order valence-corrected chi connectivity index (χ1v) is 8.31. The van der Waals surface area contributed by atoms with Crippen molar-refractivity contribution in [3.63, 3.8) is 0 Å². The second-order valence-corrected chi connectivity index (χ2v) is 5.42. The van der Waals surface area contributed by atoms with Gasteiger partial charge in [0.2, 0.25) is 0 Å². The molecule has 0 spiro atoms. The molecule has 1 aromatic rings. The average molecular weight is 321 g/mol. The number of hydrogen-bond acceptors (Lipinski definition) is 4. The van der Waals surface area contributed by atoms with E-state index in [1.165, 1.54) is 0 Å². The van der Waals surface area contributed by atoms with E-state index in [0.717, 1.165) is 31.2 Å². The topological polar surface area (TPSA) is 64.6 Å². The SMILES string of the molecule is CCCCOC(=O)C(CCCC)NC(=O)OCc1ccccc1. The lowest BCUT2D eigenvalue weighted by Crippen LogP contribution is -2.42. The summed E-state index contributed by atoms with van der Waals surface area (Å²) in [5.74, 6) is -0.386. The molecule has 0 heterocycles. The molecule has 5 heteroatoms. The summed E-state index contributed by atoms with van der Waals surface area (Å²) in [6.07, 6.45) is 3.53. The average Bonchev–Trinajstić information content (AvgIpc) is 2.57. The second-order valence-electron chi connectivity index (χ2n) is 5.42. The van der Waals surface area contributed by atoms with Gasteiger partial charge in [-0.25, -0.2) is 9.59 Å². The Hall–Kier alpha value is -2.04. The molecule has 1 amide bonds. The minimum atomic E-state index is -0.643. The Morgan fingerprint density at radius 3 is 2.39 bits per heavy atom. The van der Waals surface area contributed by atoms with Crippen molar-refractivity contribution in [2.45, 2.75) is 58.6 Å². The Morgan fingerprint density at radius 2 is 1.74 bits per heavy atom. The lowest BCUT2D eigenvalue weighted by molar-refractivity contribution is -0.146. The third-order valence-corrected chi connectivity index (χ3v) is 3.38. The van der Waals surface area contributed by atoms with Gasteiger partial charge in [0.25, 0.3) is 0 Å². The third kappa shape index (κ3) is 8.24. The molecule has 1 unspecified atom stereocenters. The number of hydrogen-bond donors (Lipinski definition) is 1. The zero-order valence-electron chi connectivity index (χ0n) is 14.0. The van der Waals surface area contributed by atoms with Crippen molar-refractivity contribution in [3.05, 3.63) is 35.9 Å². The number of alkyl carbamates (subject to hydrolysis) is 1. The molecule has 0 fully saturated rings. The number of esters is 1. The van der Waals surface area contributed by atoms with Gasteiger partial charge in [0, 0.05) is 0 Å². The van der Waals surface area contributed by atoms with Crippen LogP contribution in [0.25, 0.3) is 0 Å². The highest BCUT2D eigenvalue weighted by molar-refractivity contribution is 5.81. The molecule has 0 saturated heterocycles. The van der Waals surface area contributed by atoms with Crippen molar-refractivity contribution >= 4 is 12.1 Å². The Bertz CT molecular complexity index is 461. The fraction of sp³-hybridized carbons (Fsp3) is 0.556. The standard InChI is InChI=1S/C18H27NO4/c1-3-5-12-16(17(20)22-13-6-4-2)19-18(21)23-14-15-10-8-7-9-11-15/h7-11,16H,3-6,12-14H2,1-2H3,(H,19,21). The lowest BCUT2D eigenvalue weighted by atomic mass is 10.1. The van der Waals surface area contributed by atoms with E-state index in [9.17, 15) is 9.59 Å². The van der Waals surface area contributed by atoms with Crippen molar-refractivity contribution in [1.82, 2.24) is 5.32 Å². The van der Waals surface area contributed by atoms with Crippen molar-refractivity contribution in [2.75, 3.05) is 6.61 Å². The first kappa shape index (κ1) is 19.0. The number of rotatable bonds is 10. The van der Waals surface area contributed by atoms with Crippen LogP contribution in [0.15, 0.2) is 30.3 Å². The quantitative estimate of drug-likeness (QED) is 0.525. The van der Waals surface area contributed by atoms with Gasteiger partial charge in [-0.3, -0.25) is 0 Å². The number of benzene rings is 1. The third-order valence-electron chi connectivity index (χ3n) is 3.38. The largest absolute Gasteiger partial charge is 0.464 e. The smallest absolute Gasteiger partial charge is 0.408 e. The molecule has 0 radical (unpaired) electrons. The van der Waals surface area contributed by atoms with Crippen molar-refractivity contribution in [3.8, 4) is 0 Å². The first-order chi connectivity index (χ1) is 11.2. The van der Waals surface area contributed by atoms with Gasteiger partial charge in [-0.15, -0.1) is 0 Å². The number of unbranched alkanes of at least 4 members (excludes halogenated alkanes) is 2. The molecule has 128 valence electrons. The summed E-state index contributed by atoms with van der Waals surface area (Å²) in [7, 11) is 0. The Labute approximate surface area is 138 Å². The van der Waals surface area contributed by atoms with Gasteiger partial charge in [-0.2, -0.15) is 0 Å². The van der Waals surface area contributed by atoms with Crippen LogP contribution in [0.1, 0.15) is 51.5 Å². The van der Waals surface area contributed by atoms with Gasteiger partial charge in [-0.1, -0.05) is 63.4 Å². The normalized spacial score (nSPS) is 11.6. The summed E-state index contributed by atoms with van der Waals surface area (Å²) < 4.78 is 10.4. The van der Waals surface area contributed by atoms with Crippen LogP contribution in [-0.4, -0.2) is 24.7 Å². The van der Waals surface area contributed by atoms with Gasteiger partial charge in [-0.05, 0) is 18.4 Å². The van der Waals surface area contributed by atoms with E-state index in [4.69, 9.17) is 9.47 Å². The number of carbonyl (C=O) groups is 2. The molecule has 5 nitrogen and oxygen atoms in total. The Kier molecular flexibility index (Phi) is 9.52. The molecular formula is C18H27NO4. The van der Waals surface area contributed by atoms with Crippen LogP contribution in [0.2, 0.25) is 0 Å². The molecule has 0 aliphatic rings. The van der Waals surface area contributed by atoms with Gasteiger partial charge >= 0.3 is 12.1 Å². The minimum Gasteiger partial charge on any atom is -0.464 e. The van der Waals surface area contributed by atoms with Crippen LogP contribution in [0.3, 0.4) is 0 Å². The zero-order chi connectivity index (χ0) is 16.9. The van der Waals surface area contributed by atoms with Gasteiger partial charge in [0.05, 0.1) is 6.61 Å². The van der Waals surface area contributed by atoms with Crippen LogP contribution < -0.4 is 5.32 Å². The van der Waals surface area contributed by atoms with E-state index < -0.39 is 12.1 Å². The molecular weight excluding hydrogens is 294 g/mol. The Balaban J connectivity index is 2.44. The van der Waals surface area contributed by atoms with Crippen LogP contribution >= 0.6 is 0 Å². The maximum absolute atomic E-state index is 12.0. The molecule has 23 heavy (non-hydrogen) atoms. The number of nitrogens with one attached hydrogen (secondary N) is 1. The maximum Gasteiger partial charge on any atom is 0.408 e. The van der Waals surface area contributed by atoms with Crippen molar-refractivity contribution in [2.24, 2.45) is 0 Å². The molecule has 1 rings (SSSR count). The predicted molar refractivity (Wildman–Crippen MR) is 88.9 cm³/mol. The summed E-state index contributed by atoms with van der Waals surface area (Å²) in [5, 5.41) is 2.61. The Morgan fingerprint density at radius 1 is 1.04 bits per heavy atom. The van der Waals surface area contributed by atoms with Crippen LogP contribution in [-0.2, 0) is 20.9 Å².